The fourth-order valence-corrected chi connectivity index (χ4v) is 5.17. The zero-order chi connectivity index (χ0) is 12.3. The van der Waals surface area contributed by atoms with Crippen LogP contribution in [0.15, 0.2) is 0 Å². The van der Waals surface area contributed by atoms with Crippen LogP contribution in [0, 0.1) is 29.6 Å². The maximum absolute atomic E-state index is 6.44. The zero-order valence-corrected chi connectivity index (χ0v) is 10.5. The van der Waals surface area contributed by atoms with Crippen LogP contribution in [0.1, 0.15) is 44.0 Å². The lowest BCUT2D eigenvalue weighted by atomic mass is 9.50. The van der Waals surface area contributed by atoms with E-state index in [1.54, 1.807) is 0 Å². The molecule has 98 valence electrons. The van der Waals surface area contributed by atoms with E-state index in [-0.39, 0.29) is 6.04 Å². The number of nitrogens with two attached hydrogens (primary N) is 2. The van der Waals surface area contributed by atoms with Crippen molar-refractivity contribution in [2.45, 2.75) is 38.1 Å². The lowest BCUT2D eigenvalue weighted by Gasteiger charge is -2.55. The van der Waals surface area contributed by atoms with Crippen molar-refractivity contribution in [3.8, 4) is 0 Å². The number of H-pyrrole nitrogens is 1. The molecule has 0 amide bonds. The van der Waals surface area contributed by atoms with Crippen molar-refractivity contribution in [2.24, 2.45) is 35.3 Å². The summed E-state index contributed by atoms with van der Waals surface area (Å²) >= 11 is 0. The molecular formula is C13H21N5. The highest BCUT2D eigenvalue weighted by molar-refractivity contribution is 5.15. The molecule has 1 aromatic rings. The van der Waals surface area contributed by atoms with Crippen molar-refractivity contribution in [3.05, 3.63) is 5.82 Å². The van der Waals surface area contributed by atoms with E-state index in [0.717, 1.165) is 29.5 Å². The molecule has 1 aromatic heterocycles. The van der Waals surface area contributed by atoms with Gasteiger partial charge in [-0.05, 0) is 61.7 Å². The van der Waals surface area contributed by atoms with Crippen molar-refractivity contribution < 1.29 is 0 Å². The molecule has 1 heterocycles. The monoisotopic (exact) mass is 247 g/mol. The van der Waals surface area contributed by atoms with Crippen LogP contribution in [-0.4, -0.2) is 15.2 Å². The smallest absolute Gasteiger partial charge is 0.239 e. The summed E-state index contributed by atoms with van der Waals surface area (Å²) in [6, 6.07) is -0.00944. The van der Waals surface area contributed by atoms with Crippen LogP contribution < -0.4 is 11.5 Å². The Bertz CT molecular complexity index is 426. The molecule has 4 aliphatic carbocycles. The Kier molecular flexibility index (Phi) is 2.22. The van der Waals surface area contributed by atoms with Gasteiger partial charge in [0.15, 0.2) is 0 Å². The first-order valence-electron chi connectivity index (χ1n) is 7.14. The average Bonchev–Trinajstić information content (AvgIpc) is 2.74. The number of rotatable bonds is 2. The van der Waals surface area contributed by atoms with Gasteiger partial charge in [-0.3, -0.25) is 5.10 Å². The van der Waals surface area contributed by atoms with Gasteiger partial charge in [0.2, 0.25) is 5.95 Å². The van der Waals surface area contributed by atoms with Crippen molar-refractivity contribution in [1.82, 2.24) is 15.2 Å². The summed E-state index contributed by atoms with van der Waals surface area (Å²) in [6.07, 6.45) is 7.01. The maximum Gasteiger partial charge on any atom is 0.239 e. The summed E-state index contributed by atoms with van der Waals surface area (Å²) < 4.78 is 0. The van der Waals surface area contributed by atoms with Gasteiger partial charge in [-0.25, -0.2) is 0 Å². The van der Waals surface area contributed by atoms with Gasteiger partial charge >= 0.3 is 0 Å². The third-order valence-corrected chi connectivity index (χ3v) is 5.55. The molecule has 4 aliphatic rings. The van der Waals surface area contributed by atoms with E-state index in [9.17, 15) is 0 Å². The SMILES string of the molecule is Nc1n[nH]c(C(N)C2C3CC4CC(C3)CC2C4)n1. The van der Waals surface area contributed by atoms with Gasteiger partial charge in [-0.1, -0.05) is 0 Å². The second kappa shape index (κ2) is 3.70. The number of anilines is 1. The van der Waals surface area contributed by atoms with E-state index in [0.29, 0.717) is 11.9 Å². The number of aromatic amines is 1. The minimum Gasteiger partial charge on any atom is -0.367 e. The summed E-state index contributed by atoms with van der Waals surface area (Å²) in [4.78, 5) is 4.23. The molecule has 4 bridgehead atoms. The van der Waals surface area contributed by atoms with Crippen LogP contribution in [0.3, 0.4) is 0 Å². The summed E-state index contributed by atoms with van der Waals surface area (Å²) in [7, 11) is 0. The molecule has 1 atom stereocenters. The molecule has 5 heteroatoms. The van der Waals surface area contributed by atoms with Gasteiger partial charge in [0.1, 0.15) is 5.82 Å². The first kappa shape index (κ1) is 10.8. The molecule has 4 saturated carbocycles. The Balaban J connectivity index is 1.61. The normalized spacial score (nSPS) is 43.3. The van der Waals surface area contributed by atoms with Gasteiger partial charge in [-0.2, -0.15) is 4.98 Å². The number of nitrogen functional groups attached to an aromatic ring is 1. The average molecular weight is 247 g/mol. The predicted octanol–water partition coefficient (Wildman–Crippen LogP) is 1.46. The Morgan fingerprint density at radius 1 is 1.06 bits per heavy atom. The molecule has 0 saturated heterocycles. The number of nitrogens with zero attached hydrogens (tertiary/aromatic N) is 2. The number of hydrogen-bond acceptors (Lipinski definition) is 4. The highest BCUT2D eigenvalue weighted by Crippen LogP contribution is 2.58. The topological polar surface area (TPSA) is 93.6 Å². The highest BCUT2D eigenvalue weighted by atomic mass is 15.3. The molecule has 5 N–H and O–H groups in total. The quantitative estimate of drug-likeness (QED) is 0.737. The summed E-state index contributed by atoms with van der Waals surface area (Å²) in [5, 5.41) is 6.81. The molecule has 4 fully saturated rings. The standard InChI is InChI=1S/C13H21N5/c14-11(12-16-13(15)18-17-12)10-8-2-6-1-7(4-8)5-9(10)3-6/h6-11H,1-5,14H2,(H3,15,16,17,18). The largest absolute Gasteiger partial charge is 0.367 e. The Hall–Kier alpha value is -1.10. The second-order valence-electron chi connectivity index (χ2n) is 6.61. The van der Waals surface area contributed by atoms with Crippen LogP contribution in [-0.2, 0) is 0 Å². The van der Waals surface area contributed by atoms with E-state index in [4.69, 9.17) is 11.5 Å². The third kappa shape index (κ3) is 1.49. The molecule has 0 spiro atoms. The molecule has 18 heavy (non-hydrogen) atoms. The van der Waals surface area contributed by atoms with Crippen molar-refractivity contribution in [1.29, 1.82) is 0 Å². The molecular weight excluding hydrogens is 226 g/mol. The third-order valence-electron chi connectivity index (χ3n) is 5.55. The van der Waals surface area contributed by atoms with Gasteiger partial charge in [0, 0.05) is 0 Å². The van der Waals surface area contributed by atoms with E-state index in [1.807, 2.05) is 0 Å². The van der Waals surface area contributed by atoms with Crippen LogP contribution >= 0.6 is 0 Å². The van der Waals surface area contributed by atoms with Gasteiger partial charge in [-0.15, -0.1) is 5.10 Å². The fraction of sp³-hybridized carbons (Fsp3) is 0.846. The van der Waals surface area contributed by atoms with Crippen molar-refractivity contribution in [2.75, 3.05) is 5.73 Å². The van der Waals surface area contributed by atoms with E-state index < -0.39 is 0 Å². The van der Waals surface area contributed by atoms with Crippen LogP contribution in [0.5, 0.6) is 0 Å². The fourth-order valence-electron chi connectivity index (χ4n) is 5.17. The number of aromatic nitrogens is 3. The zero-order valence-electron chi connectivity index (χ0n) is 10.5. The van der Waals surface area contributed by atoms with Gasteiger partial charge in [0.25, 0.3) is 0 Å². The molecule has 1 unspecified atom stereocenters. The second-order valence-corrected chi connectivity index (χ2v) is 6.61. The number of hydrogen-bond donors (Lipinski definition) is 3. The molecule has 0 aromatic carbocycles. The van der Waals surface area contributed by atoms with Crippen molar-refractivity contribution in [3.63, 3.8) is 0 Å². The molecule has 0 aliphatic heterocycles. The Morgan fingerprint density at radius 2 is 1.67 bits per heavy atom. The first-order valence-corrected chi connectivity index (χ1v) is 7.14. The molecule has 0 radical (unpaired) electrons. The van der Waals surface area contributed by atoms with Gasteiger partial charge < -0.3 is 11.5 Å². The Morgan fingerprint density at radius 3 is 2.17 bits per heavy atom. The molecule has 5 nitrogen and oxygen atoms in total. The predicted molar refractivity (Wildman–Crippen MR) is 68.3 cm³/mol. The number of nitrogens with one attached hydrogen (secondary N) is 1. The lowest BCUT2D eigenvalue weighted by Crippen LogP contribution is -2.48. The first-order chi connectivity index (χ1) is 8.70. The maximum atomic E-state index is 6.44. The van der Waals surface area contributed by atoms with Crippen LogP contribution in [0.2, 0.25) is 0 Å². The summed E-state index contributed by atoms with van der Waals surface area (Å²) in [6.45, 7) is 0. The van der Waals surface area contributed by atoms with Crippen LogP contribution in [0.4, 0.5) is 5.95 Å². The van der Waals surface area contributed by atoms with Crippen LogP contribution in [0.25, 0.3) is 0 Å². The van der Waals surface area contributed by atoms with E-state index in [1.165, 1.54) is 32.1 Å². The van der Waals surface area contributed by atoms with E-state index >= 15 is 0 Å². The highest BCUT2D eigenvalue weighted by Gasteiger charge is 2.50. The summed E-state index contributed by atoms with van der Waals surface area (Å²) in [5.41, 5.74) is 12.0. The minimum atomic E-state index is -0.00944. The van der Waals surface area contributed by atoms with Gasteiger partial charge in [0.05, 0.1) is 6.04 Å². The summed E-state index contributed by atoms with van der Waals surface area (Å²) in [5.74, 6) is 5.26. The molecule has 5 rings (SSSR count). The Labute approximate surface area is 107 Å². The van der Waals surface area contributed by atoms with Crippen molar-refractivity contribution >= 4 is 5.95 Å². The lowest BCUT2D eigenvalue weighted by molar-refractivity contribution is -0.0481. The van der Waals surface area contributed by atoms with E-state index in [2.05, 4.69) is 15.2 Å². The minimum absolute atomic E-state index is 0.00944.